The minimum Gasteiger partial charge on any atom is -0.490 e. The second-order valence-corrected chi connectivity index (χ2v) is 6.92. The monoisotopic (exact) mass is 434 g/mol. The molecule has 156 valence electrons. The molecule has 7 heteroatoms. The van der Waals surface area contributed by atoms with Crippen molar-refractivity contribution in [3.8, 4) is 17.6 Å². The molecule has 0 fully saturated rings. The summed E-state index contributed by atoms with van der Waals surface area (Å²) < 4.78 is 11.6. The Balaban J connectivity index is 1.94. The number of non-ortho nitro benzene ring substituents is 1. The quantitative estimate of drug-likeness (QED) is 0.180. The summed E-state index contributed by atoms with van der Waals surface area (Å²) in [7, 11) is 0. The first-order valence-corrected chi connectivity index (χ1v) is 9.89. The largest absolute Gasteiger partial charge is 0.490 e. The number of nitro groups is 1. The van der Waals surface area contributed by atoms with Gasteiger partial charge >= 0.3 is 0 Å². The molecule has 6 nitrogen and oxygen atoms in total. The van der Waals surface area contributed by atoms with Crippen LogP contribution in [0.2, 0.25) is 5.02 Å². The summed E-state index contributed by atoms with van der Waals surface area (Å²) in [4.78, 5) is 10.5. The number of nitro benzene ring substituents is 1. The minimum absolute atomic E-state index is 0.0867. The van der Waals surface area contributed by atoms with Crippen LogP contribution in [0, 0.1) is 21.4 Å². The van der Waals surface area contributed by atoms with Crippen molar-refractivity contribution in [2.24, 2.45) is 0 Å². The van der Waals surface area contributed by atoms with Gasteiger partial charge in [-0.1, -0.05) is 54.1 Å². The first-order chi connectivity index (χ1) is 15.0. The molecule has 0 amide bonds. The van der Waals surface area contributed by atoms with E-state index in [1.165, 1.54) is 18.2 Å². The molecule has 0 aliphatic rings. The number of nitrogens with zero attached hydrogens (tertiary/aromatic N) is 2. The number of benzene rings is 3. The Kier molecular flexibility index (Phi) is 7.26. The summed E-state index contributed by atoms with van der Waals surface area (Å²) in [5, 5.41) is 21.0. The smallest absolute Gasteiger partial charge is 0.270 e. The van der Waals surface area contributed by atoms with E-state index in [-0.39, 0.29) is 11.3 Å². The Labute approximate surface area is 185 Å². The fraction of sp³-hybridized carbons (Fsp3) is 0.125. The lowest BCUT2D eigenvalue weighted by Gasteiger charge is -2.15. The predicted molar refractivity (Wildman–Crippen MR) is 120 cm³/mol. The predicted octanol–water partition coefficient (Wildman–Crippen LogP) is 6.29. The number of hydrogen-bond acceptors (Lipinski definition) is 5. The topological polar surface area (TPSA) is 85.4 Å². The van der Waals surface area contributed by atoms with E-state index in [0.29, 0.717) is 40.9 Å². The van der Waals surface area contributed by atoms with Gasteiger partial charge in [0.1, 0.15) is 6.61 Å². The fourth-order valence-electron chi connectivity index (χ4n) is 2.94. The molecule has 0 aliphatic carbocycles. The second kappa shape index (κ2) is 10.3. The Hall–Kier alpha value is -3.82. The second-order valence-electron chi connectivity index (χ2n) is 6.51. The van der Waals surface area contributed by atoms with Gasteiger partial charge in [-0.25, -0.2) is 0 Å². The van der Waals surface area contributed by atoms with Crippen molar-refractivity contribution in [3.05, 3.63) is 98.6 Å². The van der Waals surface area contributed by atoms with Gasteiger partial charge < -0.3 is 9.47 Å². The molecule has 0 radical (unpaired) electrons. The molecule has 3 rings (SSSR count). The van der Waals surface area contributed by atoms with E-state index in [9.17, 15) is 15.4 Å². The molecule has 0 spiro atoms. The highest BCUT2D eigenvalue weighted by Gasteiger charge is 2.14. The normalized spacial score (nSPS) is 10.9. The lowest BCUT2D eigenvalue weighted by molar-refractivity contribution is -0.384. The van der Waals surface area contributed by atoms with Gasteiger partial charge in [0, 0.05) is 12.1 Å². The summed E-state index contributed by atoms with van der Waals surface area (Å²) in [6, 6.07) is 21.1. The molecular formula is C24H19ClN2O4. The van der Waals surface area contributed by atoms with Crippen molar-refractivity contribution in [2.45, 2.75) is 13.5 Å². The number of hydrogen-bond donors (Lipinski definition) is 0. The molecule has 0 aromatic heterocycles. The molecule has 0 saturated carbocycles. The summed E-state index contributed by atoms with van der Waals surface area (Å²) in [6.07, 6.45) is 1.61. The molecule has 3 aromatic rings. The zero-order chi connectivity index (χ0) is 22.2. The lowest BCUT2D eigenvalue weighted by atomic mass is 10.0. The number of ether oxygens (including phenoxy) is 2. The van der Waals surface area contributed by atoms with Crippen LogP contribution in [0.1, 0.15) is 23.6 Å². The van der Waals surface area contributed by atoms with E-state index in [4.69, 9.17) is 21.1 Å². The van der Waals surface area contributed by atoms with Crippen LogP contribution in [0.4, 0.5) is 5.69 Å². The standard InChI is InChI=1S/C24H19ClN2O4/c1-2-30-23-13-18(11-20(15-26)19-9-6-10-21(14-19)27(28)29)12-22(25)24(23)31-16-17-7-4-3-5-8-17/h3-14H,2,16H2,1H3/b20-11-. The zero-order valence-corrected chi connectivity index (χ0v) is 17.5. The molecular weight excluding hydrogens is 416 g/mol. The molecule has 0 heterocycles. The highest BCUT2D eigenvalue weighted by molar-refractivity contribution is 6.32. The van der Waals surface area contributed by atoms with E-state index < -0.39 is 4.92 Å². The minimum atomic E-state index is -0.499. The van der Waals surface area contributed by atoms with Crippen molar-refractivity contribution < 1.29 is 14.4 Å². The van der Waals surface area contributed by atoms with E-state index >= 15 is 0 Å². The SMILES string of the molecule is CCOc1cc(/C=C(/C#N)c2cccc([N+](=O)[O-])c2)cc(Cl)c1OCc1ccccc1. The maximum Gasteiger partial charge on any atom is 0.270 e. The van der Waals surface area contributed by atoms with E-state index in [2.05, 4.69) is 6.07 Å². The molecule has 0 unspecified atom stereocenters. The summed E-state index contributed by atoms with van der Waals surface area (Å²) in [6.45, 7) is 2.58. The van der Waals surface area contributed by atoms with E-state index in [1.807, 2.05) is 37.3 Å². The molecule has 3 aromatic carbocycles. The fourth-order valence-corrected chi connectivity index (χ4v) is 3.21. The van der Waals surface area contributed by atoms with Gasteiger partial charge in [-0.05, 0) is 41.8 Å². The molecule has 31 heavy (non-hydrogen) atoms. The van der Waals surface area contributed by atoms with Crippen LogP contribution >= 0.6 is 11.6 Å². The van der Waals surface area contributed by atoms with Gasteiger partial charge in [-0.3, -0.25) is 10.1 Å². The van der Waals surface area contributed by atoms with Gasteiger partial charge in [-0.2, -0.15) is 5.26 Å². The Morgan fingerprint density at radius 3 is 2.58 bits per heavy atom. The molecule has 0 atom stereocenters. The lowest BCUT2D eigenvalue weighted by Crippen LogP contribution is -2.01. The molecule has 0 bridgehead atoms. The molecule has 0 N–H and O–H groups in total. The van der Waals surface area contributed by atoms with Gasteiger partial charge in [0.25, 0.3) is 5.69 Å². The van der Waals surface area contributed by atoms with Crippen LogP contribution in [0.5, 0.6) is 11.5 Å². The third kappa shape index (κ3) is 5.62. The summed E-state index contributed by atoms with van der Waals surface area (Å²) >= 11 is 6.47. The van der Waals surface area contributed by atoms with Gasteiger partial charge in [0.05, 0.1) is 28.2 Å². The van der Waals surface area contributed by atoms with Gasteiger partial charge in [0.15, 0.2) is 11.5 Å². The number of allylic oxidation sites excluding steroid dienone is 1. The first kappa shape index (κ1) is 21.9. The third-order valence-electron chi connectivity index (χ3n) is 4.36. The molecule has 0 aliphatic heterocycles. The summed E-state index contributed by atoms with van der Waals surface area (Å²) in [5.74, 6) is 0.867. The van der Waals surface area contributed by atoms with Crippen molar-refractivity contribution in [3.63, 3.8) is 0 Å². The van der Waals surface area contributed by atoms with Crippen molar-refractivity contribution in [2.75, 3.05) is 6.61 Å². The Morgan fingerprint density at radius 1 is 1.13 bits per heavy atom. The Morgan fingerprint density at radius 2 is 1.90 bits per heavy atom. The number of halogens is 1. The van der Waals surface area contributed by atoms with Crippen molar-refractivity contribution in [1.82, 2.24) is 0 Å². The summed E-state index contributed by atoms with van der Waals surface area (Å²) in [5.41, 5.74) is 2.22. The Bertz CT molecular complexity index is 1150. The van der Waals surface area contributed by atoms with E-state index in [1.54, 1.807) is 24.3 Å². The molecule has 0 saturated heterocycles. The third-order valence-corrected chi connectivity index (χ3v) is 4.64. The average Bonchev–Trinajstić information content (AvgIpc) is 2.78. The zero-order valence-electron chi connectivity index (χ0n) is 16.7. The van der Waals surface area contributed by atoms with Crippen LogP contribution in [0.3, 0.4) is 0 Å². The maximum absolute atomic E-state index is 11.0. The van der Waals surface area contributed by atoms with Gasteiger partial charge in [-0.15, -0.1) is 0 Å². The number of nitriles is 1. The van der Waals surface area contributed by atoms with Gasteiger partial charge in [0.2, 0.25) is 0 Å². The average molecular weight is 435 g/mol. The highest BCUT2D eigenvalue weighted by atomic mass is 35.5. The van der Waals surface area contributed by atoms with Crippen LogP contribution in [0.15, 0.2) is 66.7 Å². The maximum atomic E-state index is 11.0. The van der Waals surface area contributed by atoms with Crippen LogP contribution in [-0.4, -0.2) is 11.5 Å². The highest BCUT2D eigenvalue weighted by Crippen LogP contribution is 2.38. The van der Waals surface area contributed by atoms with Crippen LogP contribution in [-0.2, 0) is 6.61 Å². The van der Waals surface area contributed by atoms with Crippen LogP contribution in [0.25, 0.3) is 11.6 Å². The number of rotatable bonds is 8. The van der Waals surface area contributed by atoms with E-state index in [0.717, 1.165) is 5.56 Å². The van der Waals surface area contributed by atoms with Crippen molar-refractivity contribution in [1.29, 1.82) is 5.26 Å². The first-order valence-electron chi connectivity index (χ1n) is 9.51. The van der Waals surface area contributed by atoms with Crippen LogP contribution < -0.4 is 9.47 Å². The van der Waals surface area contributed by atoms with Crippen molar-refractivity contribution >= 4 is 28.9 Å².